The second kappa shape index (κ2) is 7.07. The van der Waals surface area contributed by atoms with Crippen LogP contribution >= 0.6 is 15.9 Å². The van der Waals surface area contributed by atoms with Crippen molar-refractivity contribution in [3.05, 3.63) is 16.4 Å². The summed E-state index contributed by atoms with van der Waals surface area (Å²) in [6, 6.07) is 0. The molecule has 3 nitrogen and oxygen atoms in total. The minimum absolute atomic E-state index is 0.307. The fourth-order valence-electron chi connectivity index (χ4n) is 1.37. The molecule has 0 aliphatic carbocycles. The Morgan fingerprint density at radius 1 is 1.50 bits per heavy atom. The predicted octanol–water partition coefficient (Wildman–Crippen LogP) is 3.76. The standard InChI is InChI=1S/C12H21BrN2O/c1-4-6-7-15-12(11(13)8-14-15)9-16-10(3)5-2/h8,10H,4-7,9H2,1-3H3/t10-/m1/s1. The van der Waals surface area contributed by atoms with Gasteiger partial charge in [-0.25, -0.2) is 0 Å². The number of hydrogen-bond donors (Lipinski definition) is 0. The van der Waals surface area contributed by atoms with Gasteiger partial charge in [0.2, 0.25) is 0 Å². The molecule has 4 heteroatoms. The molecule has 0 unspecified atom stereocenters. The van der Waals surface area contributed by atoms with Crippen LogP contribution in [0.5, 0.6) is 0 Å². The number of rotatable bonds is 7. The summed E-state index contributed by atoms with van der Waals surface area (Å²) in [6.45, 7) is 8.03. The first-order valence-electron chi connectivity index (χ1n) is 6.00. The molecule has 0 aliphatic heterocycles. The minimum atomic E-state index is 0.307. The van der Waals surface area contributed by atoms with Crippen molar-refractivity contribution in [1.82, 2.24) is 9.78 Å². The maximum Gasteiger partial charge on any atom is 0.0899 e. The van der Waals surface area contributed by atoms with Gasteiger partial charge in [-0.05, 0) is 35.7 Å². The van der Waals surface area contributed by atoms with Crippen LogP contribution in [0.15, 0.2) is 10.7 Å². The van der Waals surface area contributed by atoms with Crippen molar-refractivity contribution in [1.29, 1.82) is 0 Å². The van der Waals surface area contributed by atoms with Crippen LogP contribution in [0.1, 0.15) is 45.7 Å². The molecule has 0 radical (unpaired) electrons. The van der Waals surface area contributed by atoms with Crippen molar-refractivity contribution in [3.63, 3.8) is 0 Å². The van der Waals surface area contributed by atoms with Crippen LogP contribution in [-0.2, 0) is 17.9 Å². The van der Waals surface area contributed by atoms with E-state index < -0.39 is 0 Å². The molecule has 0 aliphatic rings. The van der Waals surface area contributed by atoms with E-state index in [4.69, 9.17) is 4.74 Å². The van der Waals surface area contributed by atoms with E-state index in [2.05, 4.69) is 41.8 Å². The number of nitrogens with zero attached hydrogens (tertiary/aromatic N) is 2. The number of halogens is 1. The number of hydrogen-bond acceptors (Lipinski definition) is 2. The van der Waals surface area contributed by atoms with E-state index in [-0.39, 0.29) is 0 Å². The third-order valence-corrected chi connectivity index (χ3v) is 3.36. The van der Waals surface area contributed by atoms with Gasteiger partial charge in [-0.2, -0.15) is 5.10 Å². The van der Waals surface area contributed by atoms with Crippen LogP contribution in [0.4, 0.5) is 0 Å². The lowest BCUT2D eigenvalue weighted by atomic mass is 10.3. The first-order chi connectivity index (χ1) is 7.69. The molecular weight excluding hydrogens is 268 g/mol. The van der Waals surface area contributed by atoms with Crippen molar-refractivity contribution >= 4 is 15.9 Å². The zero-order valence-corrected chi connectivity index (χ0v) is 12.0. The molecular formula is C12H21BrN2O. The second-order valence-electron chi connectivity index (χ2n) is 4.05. The number of aromatic nitrogens is 2. The summed E-state index contributed by atoms with van der Waals surface area (Å²) in [6.07, 6.45) is 5.54. The lowest BCUT2D eigenvalue weighted by Gasteiger charge is -2.12. The molecule has 0 N–H and O–H groups in total. The topological polar surface area (TPSA) is 27.1 Å². The van der Waals surface area contributed by atoms with Crippen LogP contribution in [0.3, 0.4) is 0 Å². The van der Waals surface area contributed by atoms with Gasteiger partial charge in [-0.3, -0.25) is 4.68 Å². The molecule has 16 heavy (non-hydrogen) atoms. The molecule has 0 saturated carbocycles. The largest absolute Gasteiger partial charge is 0.372 e. The first kappa shape index (κ1) is 13.7. The average Bonchev–Trinajstić information content (AvgIpc) is 2.64. The molecule has 0 aromatic carbocycles. The zero-order chi connectivity index (χ0) is 12.0. The highest BCUT2D eigenvalue weighted by Gasteiger charge is 2.09. The van der Waals surface area contributed by atoms with E-state index in [1.165, 1.54) is 6.42 Å². The summed E-state index contributed by atoms with van der Waals surface area (Å²) < 4.78 is 8.83. The smallest absolute Gasteiger partial charge is 0.0899 e. The molecule has 1 atom stereocenters. The van der Waals surface area contributed by atoms with E-state index >= 15 is 0 Å². The van der Waals surface area contributed by atoms with E-state index in [0.717, 1.165) is 29.6 Å². The van der Waals surface area contributed by atoms with Gasteiger partial charge in [-0.15, -0.1) is 0 Å². The van der Waals surface area contributed by atoms with Crippen LogP contribution in [0.25, 0.3) is 0 Å². The van der Waals surface area contributed by atoms with Crippen molar-refractivity contribution in [3.8, 4) is 0 Å². The Labute approximate surface area is 106 Å². The van der Waals surface area contributed by atoms with Gasteiger partial charge < -0.3 is 4.74 Å². The molecule has 1 heterocycles. The highest BCUT2D eigenvalue weighted by molar-refractivity contribution is 9.10. The third-order valence-electron chi connectivity index (χ3n) is 2.70. The molecule has 0 spiro atoms. The molecule has 0 saturated heterocycles. The van der Waals surface area contributed by atoms with Gasteiger partial charge in [0.05, 0.1) is 29.1 Å². The lowest BCUT2D eigenvalue weighted by Crippen LogP contribution is -2.11. The van der Waals surface area contributed by atoms with Crippen molar-refractivity contribution < 1.29 is 4.74 Å². The van der Waals surface area contributed by atoms with Gasteiger partial charge >= 0.3 is 0 Å². The van der Waals surface area contributed by atoms with Crippen molar-refractivity contribution in [2.45, 2.75) is 59.3 Å². The molecule has 0 bridgehead atoms. The Kier molecular flexibility index (Phi) is 6.06. The monoisotopic (exact) mass is 288 g/mol. The normalized spacial score (nSPS) is 13.0. The van der Waals surface area contributed by atoms with Gasteiger partial charge in [0.1, 0.15) is 0 Å². The van der Waals surface area contributed by atoms with E-state index in [1.54, 1.807) is 0 Å². The maximum absolute atomic E-state index is 5.75. The number of ether oxygens (including phenoxy) is 1. The Morgan fingerprint density at radius 2 is 2.25 bits per heavy atom. The van der Waals surface area contributed by atoms with E-state index in [1.807, 2.05) is 10.9 Å². The van der Waals surface area contributed by atoms with Crippen LogP contribution < -0.4 is 0 Å². The predicted molar refractivity (Wildman–Crippen MR) is 69.4 cm³/mol. The molecule has 0 amide bonds. The molecule has 0 fully saturated rings. The average molecular weight is 289 g/mol. The molecule has 1 aromatic heterocycles. The van der Waals surface area contributed by atoms with Gasteiger partial charge in [-0.1, -0.05) is 20.3 Å². The highest BCUT2D eigenvalue weighted by Crippen LogP contribution is 2.18. The Hall–Kier alpha value is -0.350. The van der Waals surface area contributed by atoms with Gasteiger partial charge in [0, 0.05) is 6.54 Å². The number of unbranched alkanes of at least 4 members (excludes halogenated alkanes) is 1. The van der Waals surface area contributed by atoms with Crippen molar-refractivity contribution in [2.75, 3.05) is 0 Å². The van der Waals surface area contributed by atoms with Crippen molar-refractivity contribution in [2.24, 2.45) is 0 Å². The van der Waals surface area contributed by atoms with Crippen LogP contribution in [0, 0.1) is 0 Å². The van der Waals surface area contributed by atoms with E-state index in [0.29, 0.717) is 12.7 Å². The Morgan fingerprint density at radius 3 is 2.88 bits per heavy atom. The lowest BCUT2D eigenvalue weighted by molar-refractivity contribution is 0.0462. The fraction of sp³-hybridized carbons (Fsp3) is 0.750. The van der Waals surface area contributed by atoms with Gasteiger partial charge in [0.15, 0.2) is 0 Å². The summed E-state index contributed by atoms with van der Waals surface area (Å²) in [5.41, 5.74) is 1.15. The summed E-state index contributed by atoms with van der Waals surface area (Å²) in [5, 5.41) is 4.35. The Balaban J connectivity index is 2.58. The quantitative estimate of drug-likeness (QED) is 0.764. The van der Waals surface area contributed by atoms with Crippen LogP contribution in [-0.4, -0.2) is 15.9 Å². The summed E-state index contributed by atoms with van der Waals surface area (Å²) in [5.74, 6) is 0. The molecule has 1 rings (SSSR count). The molecule has 1 aromatic rings. The van der Waals surface area contributed by atoms with E-state index in [9.17, 15) is 0 Å². The second-order valence-corrected chi connectivity index (χ2v) is 4.90. The SMILES string of the molecule is CCCCn1ncc(Br)c1CO[C@H](C)CC. The zero-order valence-electron chi connectivity index (χ0n) is 10.4. The summed E-state index contributed by atoms with van der Waals surface area (Å²) >= 11 is 3.52. The fourth-order valence-corrected chi connectivity index (χ4v) is 1.78. The Bertz CT molecular complexity index is 312. The number of aryl methyl sites for hydroxylation is 1. The molecule has 92 valence electrons. The minimum Gasteiger partial charge on any atom is -0.372 e. The first-order valence-corrected chi connectivity index (χ1v) is 6.80. The maximum atomic E-state index is 5.75. The third kappa shape index (κ3) is 3.91. The highest BCUT2D eigenvalue weighted by atomic mass is 79.9. The van der Waals surface area contributed by atoms with Gasteiger partial charge in [0.25, 0.3) is 0 Å². The summed E-state index contributed by atoms with van der Waals surface area (Å²) in [4.78, 5) is 0. The van der Waals surface area contributed by atoms with Crippen LogP contribution in [0.2, 0.25) is 0 Å². The summed E-state index contributed by atoms with van der Waals surface area (Å²) in [7, 11) is 0.